The Balaban J connectivity index is 1.47. The molecule has 0 aliphatic carbocycles. The van der Waals surface area contributed by atoms with Crippen LogP contribution in [0, 0.1) is 5.92 Å². The quantitative estimate of drug-likeness (QED) is 0.497. The summed E-state index contributed by atoms with van der Waals surface area (Å²) in [6.45, 7) is 1.92. The van der Waals surface area contributed by atoms with Crippen molar-refractivity contribution in [2.24, 2.45) is 5.92 Å². The summed E-state index contributed by atoms with van der Waals surface area (Å²) < 4.78 is 22.9. The van der Waals surface area contributed by atoms with Gasteiger partial charge in [-0.2, -0.15) is 0 Å². The van der Waals surface area contributed by atoms with E-state index in [4.69, 9.17) is 18.9 Å². The van der Waals surface area contributed by atoms with Gasteiger partial charge in [0, 0.05) is 6.54 Å². The van der Waals surface area contributed by atoms with Crippen molar-refractivity contribution in [3.05, 3.63) is 83.4 Å². The summed E-state index contributed by atoms with van der Waals surface area (Å²) in [5.74, 6) is 1.57. The molecular formula is C28H29NO6. The third kappa shape index (κ3) is 5.05. The van der Waals surface area contributed by atoms with Crippen molar-refractivity contribution in [3.63, 3.8) is 0 Å². The minimum atomic E-state index is -0.749. The molecule has 3 aromatic rings. The van der Waals surface area contributed by atoms with Crippen LogP contribution < -0.4 is 18.9 Å². The Labute approximate surface area is 204 Å². The summed E-state index contributed by atoms with van der Waals surface area (Å²) in [5.41, 5.74) is 3.09. The Kier molecular flexibility index (Phi) is 6.77. The van der Waals surface area contributed by atoms with E-state index in [0.29, 0.717) is 36.8 Å². The van der Waals surface area contributed by atoms with Crippen molar-refractivity contribution in [1.29, 1.82) is 0 Å². The third-order valence-electron chi connectivity index (χ3n) is 6.62. The SMILES string of the molecule is COc1cc(C(c2ccc3c(c2)OCO3)N2CCCC(C(=O)O)C2)ccc1OCc1ccccc1. The zero-order valence-electron chi connectivity index (χ0n) is 19.7. The van der Waals surface area contributed by atoms with Gasteiger partial charge in [-0.15, -0.1) is 0 Å². The fourth-order valence-corrected chi connectivity index (χ4v) is 4.85. The standard InChI is InChI=1S/C28H29NO6/c1-32-25-14-20(9-11-23(25)33-17-19-6-3-2-4-7-19)27(29-13-5-8-22(16-29)28(30)31)21-10-12-24-26(15-21)35-18-34-24/h2-4,6-7,9-12,14-15,22,27H,5,8,13,16-18H2,1H3,(H,30,31). The van der Waals surface area contributed by atoms with Gasteiger partial charge >= 0.3 is 5.97 Å². The number of rotatable bonds is 8. The number of aliphatic carboxylic acids is 1. The number of carbonyl (C=O) groups is 1. The molecule has 2 atom stereocenters. The molecule has 7 nitrogen and oxygen atoms in total. The number of fused-ring (bicyclic) bond motifs is 1. The van der Waals surface area contributed by atoms with Crippen LogP contribution >= 0.6 is 0 Å². The molecule has 2 aliphatic rings. The van der Waals surface area contributed by atoms with Gasteiger partial charge in [0.25, 0.3) is 0 Å². The second-order valence-corrected chi connectivity index (χ2v) is 8.87. The Morgan fingerprint density at radius 2 is 1.80 bits per heavy atom. The normalized spacial score (nSPS) is 18.1. The lowest BCUT2D eigenvalue weighted by Crippen LogP contribution is -2.41. The number of hydrogen-bond acceptors (Lipinski definition) is 6. The summed E-state index contributed by atoms with van der Waals surface area (Å²) in [5, 5.41) is 9.68. The number of likely N-dealkylation sites (tertiary alicyclic amines) is 1. The second-order valence-electron chi connectivity index (χ2n) is 8.87. The minimum Gasteiger partial charge on any atom is -0.493 e. The fraction of sp³-hybridized carbons (Fsp3) is 0.321. The van der Waals surface area contributed by atoms with Crippen LogP contribution in [-0.2, 0) is 11.4 Å². The summed E-state index contributed by atoms with van der Waals surface area (Å²) in [4.78, 5) is 14.0. The van der Waals surface area contributed by atoms with E-state index < -0.39 is 11.9 Å². The molecular weight excluding hydrogens is 446 g/mol. The molecule has 2 heterocycles. The van der Waals surface area contributed by atoms with Crippen LogP contribution in [-0.4, -0.2) is 43.0 Å². The van der Waals surface area contributed by atoms with Crippen LogP contribution in [0.3, 0.4) is 0 Å². The van der Waals surface area contributed by atoms with E-state index in [0.717, 1.165) is 35.4 Å². The first kappa shape index (κ1) is 23.1. The molecule has 0 aromatic heterocycles. The molecule has 0 amide bonds. The van der Waals surface area contributed by atoms with Crippen molar-refractivity contribution in [3.8, 4) is 23.0 Å². The predicted octanol–water partition coefficient (Wildman–Crippen LogP) is 4.89. The molecule has 1 N–H and O–H groups in total. The van der Waals surface area contributed by atoms with Crippen LogP contribution in [0.4, 0.5) is 0 Å². The minimum absolute atomic E-state index is 0.163. The number of benzene rings is 3. The van der Waals surface area contributed by atoms with Crippen LogP contribution in [0.15, 0.2) is 66.7 Å². The summed E-state index contributed by atoms with van der Waals surface area (Å²) in [7, 11) is 1.63. The molecule has 1 fully saturated rings. The third-order valence-corrected chi connectivity index (χ3v) is 6.62. The van der Waals surface area contributed by atoms with Gasteiger partial charge in [-0.25, -0.2) is 0 Å². The predicted molar refractivity (Wildman–Crippen MR) is 130 cm³/mol. The summed E-state index contributed by atoms with van der Waals surface area (Å²) in [6, 6.07) is 21.7. The van der Waals surface area contributed by atoms with Crippen LogP contribution in [0.25, 0.3) is 0 Å². The molecule has 2 unspecified atom stereocenters. The maximum Gasteiger partial charge on any atom is 0.307 e. The van der Waals surface area contributed by atoms with Gasteiger partial charge in [-0.3, -0.25) is 9.69 Å². The molecule has 0 bridgehead atoms. The highest BCUT2D eigenvalue weighted by Gasteiger charge is 2.32. The van der Waals surface area contributed by atoms with E-state index in [9.17, 15) is 9.90 Å². The first-order chi connectivity index (χ1) is 17.1. The highest BCUT2D eigenvalue weighted by Crippen LogP contribution is 2.41. The van der Waals surface area contributed by atoms with Gasteiger partial charge in [-0.05, 0) is 60.3 Å². The van der Waals surface area contributed by atoms with E-state index in [1.165, 1.54) is 0 Å². The van der Waals surface area contributed by atoms with Gasteiger partial charge in [0.05, 0.1) is 19.1 Å². The Morgan fingerprint density at radius 1 is 1.03 bits per heavy atom. The number of methoxy groups -OCH3 is 1. The second kappa shape index (κ2) is 10.3. The highest BCUT2D eigenvalue weighted by molar-refractivity contribution is 5.70. The first-order valence-electron chi connectivity index (χ1n) is 11.8. The number of nitrogens with zero attached hydrogens (tertiary/aromatic N) is 1. The van der Waals surface area contributed by atoms with E-state index in [1.807, 2.05) is 66.7 Å². The maximum atomic E-state index is 11.8. The van der Waals surface area contributed by atoms with Gasteiger partial charge in [0.2, 0.25) is 6.79 Å². The summed E-state index contributed by atoms with van der Waals surface area (Å²) in [6.07, 6.45) is 1.52. The smallest absolute Gasteiger partial charge is 0.307 e. The molecule has 3 aromatic carbocycles. The molecule has 0 radical (unpaired) electrons. The zero-order valence-corrected chi connectivity index (χ0v) is 19.7. The molecule has 5 rings (SSSR count). The van der Waals surface area contributed by atoms with E-state index in [1.54, 1.807) is 7.11 Å². The van der Waals surface area contributed by atoms with Crippen LogP contribution in [0.1, 0.15) is 35.6 Å². The van der Waals surface area contributed by atoms with Crippen LogP contribution in [0.5, 0.6) is 23.0 Å². The molecule has 0 saturated carbocycles. The van der Waals surface area contributed by atoms with Gasteiger partial charge in [-0.1, -0.05) is 42.5 Å². The number of carboxylic acids is 1. The number of hydrogen-bond donors (Lipinski definition) is 1. The Hall–Kier alpha value is -3.71. The van der Waals surface area contributed by atoms with Crippen molar-refractivity contribution >= 4 is 5.97 Å². The molecule has 1 saturated heterocycles. The monoisotopic (exact) mass is 475 g/mol. The topological polar surface area (TPSA) is 77.5 Å². The lowest BCUT2D eigenvalue weighted by atomic mass is 9.91. The number of ether oxygens (including phenoxy) is 4. The number of carboxylic acid groups (broad SMARTS) is 1. The van der Waals surface area contributed by atoms with Gasteiger partial charge in [0.15, 0.2) is 23.0 Å². The average molecular weight is 476 g/mol. The lowest BCUT2D eigenvalue weighted by Gasteiger charge is -2.37. The van der Waals surface area contributed by atoms with Crippen molar-refractivity contribution in [2.45, 2.75) is 25.5 Å². The molecule has 2 aliphatic heterocycles. The van der Waals surface area contributed by atoms with Crippen LogP contribution in [0.2, 0.25) is 0 Å². The summed E-state index contributed by atoms with van der Waals surface area (Å²) >= 11 is 0. The van der Waals surface area contributed by atoms with E-state index >= 15 is 0 Å². The zero-order chi connectivity index (χ0) is 24.2. The van der Waals surface area contributed by atoms with E-state index in [2.05, 4.69) is 4.90 Å². The van der Waals surface area contributed by atoms with E-state index in [-0.39, 0.29) is 12.8 Å². The highest BCUT2D eigenvalue weighted by atomic mass is 16.7. The Bertz CT molecular complexity index is 1180. The first-order valence-corrected chi connectivity index (χ1v) is 11.8. The molecule has 7 heteroatoms. The molecule has 0 spiro atoms. The van der Waals surface area contributed by atoms with Gasteiger partial charge in [0.1, 0.15) is 6.61 Å². The molecule has 35 heavy (non-hydrogen) atoms. The molecule has 182 valence electrons. The van der Waals surface area contributed by atoms with Crippen molar-refractivity contribution < 1.29 is 28.8 Å². The maximum absolute atomic E-state index is 11.8. The average Bonchev–Trinajstić information content (AvgIpc) is 3.37. The number of piperidine rings is 1. The Morgan fingerprint density at radius 3 is 2.60 bits per heavy atom. The van der Waals surface area contributed by atoms with Gasteiger partial charge < -0.3 is 24.1 Å². The fourth-order valence-electron chi connectivity index (χ4n) is 4.85. The van der Waals surface area contributed by atoms with Crippen molar-refractivity contribution in [1.82, 2.24) is 4.90 Å². The lowest BCUT2D eigenvalue weighted by molar-refractivity contribution is -0.143. The van der Waals surface area contributed by atoms with Crippen molar-refractivity contribution in [2.75, 3.05) is 27.0 Å². The largest absolute Gasteiger partial charge is 0.493 e.